The number of hydrogen-bond donors (Lipinski definition) is 0. The molecule has 0 aromatic rings. The summed E-state index contributed by atoms with van der Waals surface area (Å²) in [6.45, 7) is 6.74. The van der Waals surface area contributed by atoms with Crippen molar-refractivity contribution in [3.8, 4) is 0 Å². The maximum absolute atomic E-state index is 11.7. The van der Waals surface area contributed by atoms with E-state index in [9.17, 15) is 9.59 Å². The number of carbonyl (C=O) groups excluding carboxylic acids is 2. The zero-order chi connectivity index (χ0) is 13.1. The average Bonchev–Trinajstić information content (AvgIpc) is 2.74. The summed E-state index contributed by atoms with van der Waals surface area (Å²) in [5.74, 6) is 1.42. The van der Waals surface area contributed by atoms with Crippen molar-refractivity contribution in [3.63, 3.8) is 0 Å². The molecule has 0 aliphatic heterocycles. The van der Waals surface area contributed by atoms with Crippen LogP contribution in [-0.4, -0.2) is 25.3 Å². The van der Waals surface area contributed by atoms with E-state index in [0.717, 1.165) is 13.0 Å². The summed E-state index contributed by atoms with van der Waals surface area (Å²) in [4.78, 5) is 22.5. The second-order valence-corrected chi connectivity index (χ2v) is 5.76. The maximum Gasteiger partial charge on any atom is 0.133 e. The van der Waals surface area contributed by atoms with E-state index in [-0.39, 0.29) is 17.0 Å². The second-order valence-electron chi connectivity index (χ2n) is 5.76. The Morgan fingerprint density at radius 1 is 1.18 bits per heavy atom. The molecular weight excluding hydrogens is 216 g/mol. The van der Waals surface area contributed by atoms with Gasteiger partial charge in [-0.25, -0.2) is 0 Å². The van der Waals surface area contributed by atoms with Gasteiger partial charge in [0.15, 0.2) is 0 Å². The van der Waals surface area contributed by atoms with Gasteiger partial charge in [-0.15, -0.1) is 0 Å². The van der Waals surface area contributed by atoms with Gasteiger partial charge in [-0.2, -0.15) is 0 Å². The number of methoxy groups -OCH3 is 1. The van der Waals surface area contributed by atoms with E-state index in [2.05, 4.69) is 13.8 Å². The molecule has 0 unspecified atom stereocenters. The number of rotatable bonds is 8. The molecule has 0 N–H and O–H groups in total. The Balaban J connectivity index is 2.32. The van der Waals surface area contributed by atoms with Crippen LogP contribution in [0, 0.1) is 17.3 Å². The van der Waals surface area contributed by atoms with E-state index >= 15 is 0 Å². The molecule has 0 saturated heterocycles. The Hall–Kier alpha value is -0.700. The van der Waals surface area contributed by atoms with Crippen molar-refractivity contribution in [2.75, 3.05) is 13.7 Å². The van der Waals surface area contributed by atoms with Crippen LogP contribution in [0.15, 0.2) is 0 Å². The van der Waals surface area contributed by atoms with Gasteiger partial charge in [0.2, 0.25) is 0 Å². The molecule has 1 saturated carbocycles. The predicted octanol–water partition coefficient (Wildman–Crippen LogP) is 2.62. The minimum atomic E-state index is 0.101. The highest BCUT2D eigenvalue weighted by molar-refractivity contribution is 5.85. The Bertz CT molecular complexity index is 294. The van der Waals surface area contributed by atoms with Crippen LogP contribution in [0.2, 0.25) is 0 Å². The minimum Gasteiger partial charge on any atom is -0.385 e. The average molecular weight is 240 g/mol. The summed E-state index contributed by atoms with van der Waals surface area (Å²) in [6.07, 6.45) is 2.48. The lowest BCUT2D eigenvalue weighted by molar-refractivity contribution is -0.123. The molecule has 3 nitrogen and oxygen atoms in total. The first kappa shape index (κ1) is 14.4. The fourth-order valence-corrected chi connectivity index (χ4v) is 2.74. The van der Waals surface area contributed by atoms with Gasteiger partial charge in [-0.05, 0) is 30.6 Å². The summed E-state index contributed by atoms with van der Waals surface area (Å²) >= 11 is 0. The van der Waals surface area contributed by atoms with Crippen LogP contribution >= 0.6 is 0 Å². The van der Waals surface area contributed by atoms with E-state index in [1.165, 1.54) is 6.92 Å². The molecule has 0 amide bonds. The van der Waals surface area contributed by atoms with Crippen molar-refractivity contribution in [1.82, 2.24) is 0 Å². The van der Waals surface area contributed by atoms with Gasteiger partial charge in [0.25, 0.3) is 0 Å². The van der Waals surface area contributed by atoms with Crippen LogP contribution in [0.4, 0.5) is 0 Å². The molecule has 0 spiro atoms. The SMILES string of the molecule is COCC[C@@H]1[C@H](CC(=O)CCC(C)=O)C1(C)C. The number of hydrogen-bond acceptors (Lipinski definition) is 3. The third-order valence-corrected chi connectivity index (χ3v) is 4.12. The summed E-state index contributed by atoms with van der Waals surface area (Å²) in [5, 5.41) is 0. The largest absolute Gasteiger partial charge is 0.385 e. The van der Waals surface area contributed by atoms with E-state index in [1.54, 1.807) is 7.11 Å². The third-order valence-electron chi connectivity index (χ3n) is 4.12. The number of ketones is 2. The van der Waals surface area contributed by atoms with E-state index in [4.69, 9.17) is 4.74 Å². The highest BCUT2D eigenvalue weighted by Crippen LogP contribution is 2.61. The monoisotopic (exact) mass is 240 g/mol. The molecule has 1 fully saturated rings. The van der Waals surface area contributed by atoms with Crippen molar-refractivity contribution in [2.24, 2.45) is 17.3 Å². The van der Waals surface area contributed by atoms with Gasteiger partial charge in [0.05, 0.1) is 0 Å². The standard InChI is InChI=1S/C14H24O3/c1-10(15)5-6-11(16)9-13-12(7-8-17-4)14(13,2)3/h12-13H,5-9H2,1-4H3/t12-,13+/m1/s1. The molecule has 0 aromatic heterocycles. The smallest absolute Gasteiger partial charge is 0.133 e. The molecular formula is C14H24O3. The third kappa shape index (κ3) is 3.91. The lowest BCUT2D eigenvalue weighted by Gasteiger charge is -2.01. The van der Waals surface area contributed by atoms with Crippen LogP contribution in [0.5, 0.6) is 0 Å². The number of Topliss-reactive ketones (excluding diaryl/α,β-unsaturated/α-hetero) is 2. The molecule has 1 rings (SSSR count). The summed E-state index contributed by atoms with van der Waals surface area (Å²) < 4.78 is 5.09. The summed E-state index contributed by atoms with van der Waals surface area (Å²) in [5.41, 5.74) is 0.268. The molecule has 0 radical (unpaired) electrons. The predicted molar refractivity (Wildman–Crippen MR) is 66.8 cm³/mol. The number of carbonyl (C=O) groups is 2. The van der Waals surface area contributed by atoms with Crippen LogP contribution in [0.25, 0.3) is 0 Å². The van der Waals surface area contributed by atoms with Crippen molar-refractivity contribution in [1.29, 1.82) is 0 Å². The van der Waals surface area contributed by atoms with Crippen LogP contribution in [0.3, 0.4) is 0 Å². The van der Waals surface area contributed by atoms with E-state index < -0.39 is 0 Å². The molecule has 17 heavy (non-hydrogen) atoms. The zero-order valence-corrected chi connectivity index (χ0v) is 11.4. The molecule has 1 aliphatic carbocycles. The fraction of sp³-hybridized carbons (Fsp3) is 0.857. The van der Waals surface area contributed by atoms with Crippen molar-refractivity contribution in [3.05, 3.63) is 0 Å². The van der Waals surface area contributed by atoms with E-state index in [1.807, 2.05) is 0 Å². The maximum atomic E-state index is 11.7. The Morgan fingerprint density at radius 3 is 2.35 bits per heavy atom. The van der Waals surface area contributed by atoms with Crippen LogP contribution in [-0.2, 0) is 14.3 Å². The molecule has 3 heteroatoms. The van der Waals surface area contributed by atoms with Crippen LogP contribution < -0.4 is 0 Å². The lowest BCUT2D eigenvalue weighted by atomic mass is 10.0. The van der Waals surface area contributed by atoms with Gasteiger partial charge < -0.3 is 9.53 Å². The van der Waals surface area contributed by atoms with Crippen molar-refractivity contribution in [2.45, 2.75) is 46.5 Å². The zero-order valence-electron chi connectivity index (χ0n) is 11.4. The lowest BCUT2D eigenvalue weighted by Crippen LogP contribution is -2.04. The second kappa shape index (κ2) is 5.76. The number of ether oxygens (including phenoxy) is 1. The summed E-state index contributed by atoms with van der Waals surface area (Å²) in [7, 11) is 1.71. The van der Waals surface area contributed by atoms with Gasteiger partial charge in [0, 0.05) is 33.0 Å². The topological polar surface area (TPSA) is 43.4 Å². The van der Waals surface area contributed by atoms with Gasteiger partial charge >= 0.3 is 0 Å². The highest BCUT2D eigenvalue weighted by atomic mass is 16.5. The van der Waals surface area contributed by atoms with Crippen molar-refractivity contribution >= 4 is 11.6 Å². The van der Waals surface area contributed by atoms with Gasteiger partial charge in [0.1, 0.15) is 11.6 Å². The Morgan fingerprint density at radius 2 is 1.82 bits per heavy atom. The molecule has 0 bridgehead atoms. The van der Waals surface area contributed by atoms with E-state index in [0.29, 0.717) is 31.1 Å². The Kier molecular flexibility index (Phi) is 4.87. The van der Waals surface area contributed by atoms with Crippen LogP contribution in [0.1, 0.15) is 46.5 Å². The van der Waals surface area contributed by atoms with Crippen molar-refractivity contribution < 1.29 is 14.3 Å². The quantitative estimate of drug-likeness (QED) is 0.655. The Labute approximate surface area is 104 Å². The first-order chi connectivity index (χ1) is 7.89. The first-order valence-electron chi connectivity index (χ1n) is 6.39. The summed E-state index contributed by atoms with van der Waals surface area (Å²) in [6, 6.07) is 0. The molecule has 0 aromatic carbocycles. The molecule has 2 atom stereocenters. The molecule has 98 valence electrons. The minimum absolute atomic E-state index is 0.101. The fourth-order valence-electron chi connectivity index (χ4n) is 2.74. The normalized spacial score (nSPS) is 25.6. The van der Waals surface area contributed by atoms with Gasteiger partial charge in [-0.3, -0.25) is 4.79 Å². The molecule has 1 aliphatic rings. The highest BCUT2D eigenvalue weighted by Gasteiger charge is 2.56. The molecule has 0 heterocycles. The van der Waals surface area contributed by atoms with Gasteiger partial charge in [-0.1, -0.05) is 13.8 Å². The first-order valence-corrected chi connectivity index (χ1v) is 6.39.